The maximum absolute atomic E-state index is 12.8. The summed E-state index contributed by atoms with van der Waals surface area (Å²) in [6.07, 6.45) is 40.0. The summed E-state index contributed by atoms with van der Waals surface area (Å²) in [7, 11) is 0. The van der Waals surface area contributed by atoms with Crippen LogP contribution in [-0.2, 0) is 28.6 Å². The van der Waals surface area contributed by atoms with Gasteiger partial charge in [-0.3, -0.25) is 14.4 Å². The van der Waals surface area contributed by atoms with Gasteiger partial charge in [0.25, 0.3) is 0 Å². The van der Waals surface area contributed by atoms with Crippen LogP contribution < -0.4 is 0 Å². The van der Waals surface area contributed by atoms with Crippen LogP contribution >= 0.6 is 0 Å². The molecule has 0 unspecified atom stereocenters. The first-order valence-corrected chi connectivity index (χ1v) is 26.6. The third-order valence-corrected chi connectivity index (χ3v) is 12.7. The van der Waals surface area contributed by atoms with Crippen LogP contribution in [0.25, 0.3) is 0 Å². The van der Waals surface area contributed by atoms with E-state index in [-0.39, 0.29) is 24.0 Å². The minimum Gasteiger partial charge on any atom is -0.466 e. The van der Waals surface area contributed by atoms with E-state index in [4.69, 9.17) is 14.2 Å². The highest BCUT2D eigenvalue weighted by Crippen LogP contribution is 2.24. The Morgan fingerprint density at radius 3 is 1.07 bits per heavy atom. The van der Waals surface area contributed by atoms with Crippen LogP contribution in [0.15, 0.2) is 0 Å². The van der Waals surface area contributed by atoms with Gasteiger partial charge in [-0.1, -0.05) is 183 Å². The topological polar surface area (TPSA) is 82.1 Å². The molecule has 0 aromatic rings. The molecular formula is C53H103NO6. The molecule has 0 bridgehead atoms. The average molecular weight is 850 g/mol. The number of hydrogen-bond acceptors (Lipinski definition) is 7. The zero-order chi connectivity index (χ0) is 44.2. The van der Waals surface area contributed by atoms with Crippen molar-refractivity contribution >= 4 is 17.9 Å². The summed E-state index contributed by atoms with van der Waals surface area (Å²) < 4.78 is 17.4. The Kier molecular flexibility index (Phi) is 44.2. The monoisotopic (exact) mass is 850 g/mol. The summed E-state index contributed by atoms with van der Waals surface area (Å²) in [5.41, 5.74) is 0. The van der Waals surface area contributed by atoms with E-state index in [0.717, 1.165) is 103 Å². The molecule has 60 heavy (non-hydrogen) atoms. The van der Waals surface area contributed by atoms with Crippen LogP contribution in [0.2, 0.25) is 0 Å². The lowest BCUT2D eigenvalue weighted by Crippen LogP contribution is -2.25. The zero-order valence-electron chi connectivity index (χ0n) is 41.1. The molecule has 0 saturated heterocycles. The zero-order valence-corrected chi connectivity index (χ0v) is 41.1. The normalized spacial score (nSPS) is 11.7. The van der Waals surface area contributed by atoms with Crippen LogP contribution in [-0.4, -0.2) is 61.8 Å². The number of carbonyl (C=O) groups excluding carboxylic acids is 3. The van der Waals surface area contributed by atoms with Gasteiger partial charge in [-0.15, -0.1) is 0 Å². The number of rotatable bonds is 47. The summed E-state index contributed by atoms with van der Waals surface area (Å²) in [5.74, 6) is 0.970. The van der Waals surface area contributed by atoms with Crippen LogP contribution in [0.1, 0.15) is 273 Å². The van der Waals surface area contributed by atoms with Gasteiger partial charge in [-0.05, 0) is 102 Å². The molecule has 0 spiro atoms. The van der Waals surface area contributed by atoms with E-state index in [0.29, 0.717) is 44.3 Å². The fourth-order valence-electron chi connectivity index (χ4n) is 8.60. The van der Waals surface area contributed by atoms with Crippen LogP contribution in [0, 0.1) is 11.8 Å². The minimum atomic E-state index is -0.0272. The Bertz CT molecular complexity index is 860. The molecule has 0 atom stereocenters. The third-order valence-electron chi connectivity index (χ3n) is 12.7. The number of ether oxygens (including phenoxy) is 3. The van der Waals surface area contributed by atoms with Crippen molar-refractivity contribution in [3.8, 4) is 0 Å². The van der Waals surface area contributed by atoms with Crippen molar-refractivity contribution in [2.45, 2.75) is 279 Å². The lowest BCUT2D eigenvalue weighted by atomic mass is 9.92. The van der Waals surface area contributed by atoms with Crippen LogP contribution in [0.5, 0.6) is 0 Å². The Morgan fingerprint density at radius 2 is 0.717 bits per heavy atom. The van der Waals surface area contributed by atoms with Gasteiger partial charge in [0, 0.05) is 19.3 Å². The maximum atomic E-state index is 12.8. The van der Waals surface area contributed by atoms with Crippen molar-refractivity contribution in [3.05, 3.63) is 0 Å². The van der Waals surface area contributed by atoms with E-state index >= 15 is 0 Å². The minimum absolute atomic E-state index is 0.00720. The number of carbonyl (C=O) groups is 3. The Balaban J connectivity index is 4.36. The Hall–Kier alpha value is -1.63. The van der Waals surface area contributed by atoms with E-state index in [1.54, 1.807) is 0 Å². The number of unbranched alkanes of at least 4 members (excludes halogenated alkanes) is 20. The predicted molar refractivity (Wildman–Crippen MR) is 255 cm³/mol. The second-order valence-electron chi connectivity index (χ2n) is 18.3. The van der Waals surface area contributed by atoms with Crippen molar-refractivity contribution in [1.29, 1.82) is 0 Å². The first-order chi connectivity index (χ1) is 29.3. The first-order valence-electron chi connectivity index (χ1n) is 26.6. The Morgan fingerprint density at radius 1 is 0.383 bits per heavy atom. The highest BCUT2D eigenvalue weighted by Gasteiger charge is 2.17. The summed E-state index contributed by atoms with van der Waals surface area (Å²) >= 11 is 0. The number of nitrogens with zero attached hydrogens (tertiary/aromatic N) is 1. The van der Waals surface area contributed by atoms with E-state index in [1.807, 2.05) is 0 Å². The van der Waals surface area contributed by atoms with E-state index in [9.17, 15) is 14.4 Å². The third kappa shape index (κ3) is 39.2. The second-order valence-corrected chi connectivity index (χ2v) is 18.3. The smallest absolute Gasteiger partial charge is 0.306 e. The first kappa shape index (κ1) is 58.4. The molecule has 0 saturated carbocycles. The molecule has 0 aromatic heterocycles. The van der Waals surface area contributed by atoms with Crippen molar-refractivity contribution in [3.63, 3.8) is 0 Å². The van der Waals surface area contributed by atoms with E-state index < -0.39 is 0 Å². The van der Waals surface area contributed by atoms with Gasteiger partial charge in [0.2, 0.25) is 0 Å². The molecule has 0 aliphatic rings. The van der Waals surface area contributed by atoms with Crippen LogP contribution in [0.3, 0.4) is 0 Å². The van der Waals surface area contributed by atoms with Crippen molar-refractivity contribution < 1.29 is 28.6 Å². The lowest BCUT2D eigenvalue weighted by Gasteiger charge is -2.20. The molecule has 0 aliphatic carbocycles. The molecule has 7 heteroatoms. The van der Waals surface area contributed by atoms with Crippen molar-refractivity contribution in [2.75, 3.05) is 32.8 Å². The second kappa shape index (κ2) is 45.4. The summed E-state index contributed by atoms with van der Waals surface area (Å²) in [6.45, 7) is 17.4. The molecule has 0 aromatic carbocycles. The fraction of sp³-hybridized carbons (Fsp3) is 0.943. The van der Waals surface area contributed by atoms with Gasteiger partial charge in [0.1, 0.15) is 6.10 Å². The van der Waals surface area contributed by atoms with Crippen LogP contribution in [0.4, 0.5) is 0 Å². The lowest BCUT2D eigenvalue weighted by molar-refractivity contribution is -0.150. The molecule has 0 aliphatic heterocycles. The molecule has 0 N–H and O–H groups in total. The highest BCUT2D eigenvalue weighted by molar-refractivity contribution is 5.70. The molecule has 0 heterocycles. The van der Waals surface area contributed by atoms with Gasteiger partial charge in [0.15, 0.2) is 0 Å². The molecule has 0 rings (SSSR count). The summed E-state index contributed by atoms with van der Waals surface area (Å²) in [6, 6.07) is 0. The predicted octanol–water partition coefficient (Wildman–Crippen LogP) is 15.7. The number of esters is 3. The largest absolute Gasteiger partial charge is 0.466 e. The molecule has 0 radical (unpaired) electrons. The SMILES string of the molecule is CCCCCC(CCCCC)CC(=O)OCCCCCCCCCC(CCCCCCCCCOC(=O)CC(CCCCC)CCCCC)OC(=O)CCCN(CC)CC. The maximum Gasteiger partial charge on any atom is 0.306 e. The standard InChI is InChI=1S/C53H103NO6/c1-7-13-27-36-48(37-28-14-8-2)46-52(56)58-44-33-25-21-17-19-23-31-40-50(60-51(55)42-35-43-54(11-5)12-6)41-32-24-20-18-22-26-34-45-59-53(57)47-49(38-29-15-9-3)39-30-16-10-4/h48-50H,7-47H2,1-6H3. The van der Waals surface area contributed by atoms with Gasteiger partial charge in [-0.2, -0.15) is 0 Å². The quantitative estimate of drug-likeness (QED) is 0.0343. The van der Waals surface area contributed by atoms with Crippen molar-refractivity contribution in [2.24, 2.45) is 11.8 Å². The molecule has 356 valence electrons. The summed E-state index contributed by atoms with van der Waals surface area (Å²) in [4.78, 5) is 40.3. The molecular weight excluding hydrogens is 747 g/mol. The summed E-state index contributed by atoms with van der Waals surface area (Å²) in [5, 5.41) is 0. The van der Waals surface area contributed by atoms with Gasteiger partial charge in [-0.25, -0.2) is 0 Å². The van der Waals surface area contributed by atoms with Gasteiger partial charge < -0.3 is 19.1 Å². The van der Waals surface area contributed by atoms with Gasteiger partial charge >= 0.3 is 17.9 Å². The highest BCUT2D eigenvalue weighted by atomic mass is 16.5. The molecule has 0 amide bonds. The molecule has 0 fully saturated rings. The average Bonchev–Trinajstić information content (AvgIpc) is 3.23. The Labute approximate surface area is 373 Å². The van der Waals surface area contributed by atoms with Gasteiger partial charge in [0.05, 0.1) is 13.2 Å². The van der Waals surface area contributed by atoms with E-state index in [1.165, 1.54) is 128 Å². The van der Waals surface area contributed by atoms with E-state index in [2.05, 4.69) is 46.4 Å². The molecule has 7 nitrogen and oxygen atoms in total. The van der Waals surface area contributed by atoms with Crippen molar-refractivity contribution in [1.82, 2.24) is 4.90 Å². The fourth-order valence-corrected chi connectivity index (χ4v) is 8.60. The number of hydrogen-bond donors (Lipinski definition) is 0.